The van der Waals surface area contributed by atoms with Gasteiger partial charge in [0.1, 0.15) is 5.69 Å². The zero-order chi connectivity index (χ0) is 24.0. The summed E-state index contributed by atoms with van der Waals surface area (Å²) < 4.78 is 5.18. The lowest BCUT2D eigenvalue weighted by Crippen LogP contribution is -2.46. The number of hydrogen-bond acceptors (Lipinski definition) is 5. The first kappa shape index (κ1) is 23.8. The van der Waals surface area contributed by atoms with Gasteiger partial charge in [0.25, 0.3) is 5.91 Å². The van der Waals surface area contributed by atoms with E-state index < -0.39 is 0 Å². The molecule has 2 aromatic heterocycles. The van der Waals surface area contributed by atoms with Crippen molar-refractivity contribution in [2.24, 2.45) is 0 Å². The van der Waals surface area contributed by atoms with Crippen molar-refractivity contribution in [1.29, 1.82) is 0 Å². The van der Waals surface area contributed by atoms with Gasteiger partial charge in [-0.3, -0.25) is 4.79 Å². The van der Waals surface area contributed by atoms with E-state index in [1.807, 2.05) is 30.3 Å². The van der Waals surface area contributed by atoms with E-state index in [-0.39, 0.29) is 11.9 Å². The van der Waals surface area contributed by atoms with Crippen LogP contribution in [0.5, 0.6) is 5.88 Å². The number of likely N-dealkylation sites (tertiary alicyclic amines) is 2. The fourth-order valence-electron chi connectivity index (χ4n) is 5.40. The summed E-state index contributed by atoms with van der Waals surface area (Å²) in [7, 11) is 1.61. The summed E-state index contributed by atoms with van der Waals surface area (Å²) >= 11 is 0. The van der Waals surface area contributed by atoms with Gasteiger partial charge in [0.2, 0.25) is 5.88 Å². The molecule has 186 valence electrons. The molecule has 0 radical (unpaired) electrons. The highest BCUT2D eigenvalue weighted by molar-refractivity contribution is 6.02. The predicted octanol–water partition coefficient (Wildman–Crippen LogP) is 4.31. The van der Waals surface area contributed by atoms with E-state index >= 15 is 0 Å². The van der Waals surface area contributed by atoms with E-state index in [0.717, 1.165) is 54.5 Å². The maximum absolute atomic E-state index is 13.1. The van der Waals surface area contributed by atoms with E-state index in [1.165, 1.54) is 45.3 Å². The van der Waals surface area contributed by atoms with Crippen molar-refractivity contribution in [2.75, 3.05) is 46.4 Å². The van der Waals surface area contributed by atoms with Gasteiger partial charge in [0, 0.05) is 61.0 Å². The number of carbonyl (C=O) groups excluding carboxylic acids is 1. The molecular formula is C28H37N5O2. The third kappa shape index (κ3) is 5.85. The largest absolute Gasteiger partial charge is 0.481 e. The molecule has 0 aliphatic carbocycles. The molecule has 35 heavy (non-hydrogen) atoms. The minimum Gasteiger partial charge on any atom is -0.481 e. The normalized spacial score (nSPS) is 18.4. The van der Waals surface area contributed by atoms with Crippen LogP contribution >= 0.6 is 0 Å². The monoisotopic (exact) mass is 475 g/mol. The number of H-pyrrole nitrogens is 1. The minimum absolute atomic E-state index is 0.0250. The van der Waals surface area contributed by atoms with Crippen LogP contribution in [-0.4, -0.2) is 78.1 Å². The Labute approximate surface area is 207 Å². The molecule has 4 heterocycles. The summed E-state index contributed by atoms with van der Waals surface area (Å²) in [5, 5.41) is 4.29. The number of aromatic amines is 1. The van der Waals surface area contributed by atoms with Gasteiger partial charge in [-0.1, -0.05) is 25.0 Å². The van der Waals surface area contributed by atoms with Gasteiger partial charge in [-0.25, -0.2) is 4.98 Å². The maximum atomic E-state index is 13.1. The Hall–Kier alpha value is -2.90. The van der Waals surface area contributed by atoms with Crippen molar-refractivity contribution in [1.82, 2.24) is 25.1 Å². The number of pyridine rings is 1. The van der Waals surface area contributed by atoms with Crippen molar-refractivity contribution < 1.29 is 9.53 Å². The number of nitrogens with one attached hydrogen (secondary N) is 2. The van der Waals surface area contributed by atoms with E-state index in [9.17, 15) is 4.79 Å². The number of rotatable bonds is 7. The van der Waals surface area contributed by atoms with Crippen LogP contribution in [0.3, 0.4) is 0 Å². The summed E-state index contributed by atoms with van der Waals surface area (Å²) in [6.07, 6.45) is 9.29. The topological polar surface area (TPSA) is 73.5 Å². The third-order valence-corrected chi connectivity index (χ3v) is 7.52. The van der Waals surface area contributed by atoms with E-state index in [2.05, 4.69) is 31.2 Å². The Bertz CT molecular complexity index is 1110. The lowest BCUT2D eigenvalue weighted by atomic mass is 10.0. The van der Waals surface area contributed by atoms with E-state index in [4.69, 9.17) is 4.74 Å². The highest BCUT2D eigenvalue weighted by Gasteiger charge is 2.22. The first-order valence-corrected chi connectivity index (χ1v) is 13.1. The molecule has 0 saturated carbocycles. The molecule has 1 aromatic carbocycles. The molecule has 0 unspecified atom stereocenters. The second-order valence-electron chi connectivity index (χ2n) is 9.88. The Morgan fingerprint density at radius 2 is 1.77 bits per heavy atom. The van der Waals surface area contributed by atoms with Crippen LogP contribution in [0.15, 0.2) is 42.6 Å². The third-order valence-electron chi connectivity index (χ3n) is 7.52. The Balaban J connectivity index is 1.16. The number of methoxy groups -OCH3 is 1. The Morgan fingerprint density at radius 1 is 1.03 bits per heavy atom. The van der Waals surface area contributed by atoms with Gasteiger partial charge in [-0.2, -0.15) is 0 Å². The highest BCUT2D eigenvalue weighted by atomic mass is 16.5. The molecule has 2 aliphatic heterocycles. The van der Waals surface area contributed by atoms with Crippen molar-refractivity contribution in [3.05, 3.63) is 48.3 Å². The van der Waals surface area contributed by atoms with Crippen molar-refractivity contribution >= 4 is 16.8 Å². The first-order chi connectivity index (χ1) is 17.2. The van der Waals surface area contributed by atoms with Gasteiger partial charge in [-0.05, 0) is 62.5 Å². The van der Waals surface area contributed by atoms with Crippen LogP contribution < -0.4 is 10.1 Å². The number of benzene rings is 1. The predicted molar refractivity (Wildman–Crippen MR) is 140 cm³/mol. The van der Waals surface area contributed by atoms with E-state index in [0.29, 0.717) is 11.6 Å². The van der Waals surface area contributed by atoms with Crippen LogP contribution in [-0.2, 0) is 0 Å². The van der Waals surface area contributed by atoms with Crippen LogP contribution in [0.1, 0.15) is 49.0 Å². The average molecular weight is 476 g/mol. The second-order valence-corrected chi connectivity index (χ2v) is 9.88. The van der Waals surface area contributed by atoms with Crippen LogP contribution in [0.25, 0.3) is 22.0 Å². The Morgan fingerprint density at radius 3 is 2.46 bits per heavy atom. The van der Waals surface area contributed by atoms with Crippen LogP contribution in [0, 0.1) is 0 Å². The number of ether oxygens (including phenoxy) is 1. The number of fused-ring (bicyclic) bond motifs is 1. The fourth-order valence-corrected chi connectivity index (χ4v) is 5.40. The van der Waals surface area contributed by atoms with Crippen molar-refractivity contribution in [3.63, 3.8) is 0 Å². The maximum Gasteiger partial charge on any atom is 0.267 e. The molecule has 0 atom stereocenters. The fraction of sp³-hybridized carbons (Fsp3) is 0.500. The lowest BCUT2D eigenvalue weighted by molar-refractivity contribution is 0.0902. The molecule has 0 spiro atoms. The number of aromatic nitrogens is 2. The van der Waals surface area contributed by atoms with Crippen LogP contribution in [0.4, 0.5) is 0 Å². The molecule has 7 heteroatoms. The summed E-state index contributed by atoms with van der Waals surface area (Å²) in [6.45, 7) is 6.95. The number of nitrogens with zero attached hydrogens (tertiary/aromatic N) is 3. The molecule has 2 N–H and O–H groups in total. The molecular weight excluding hydrogens is 438 g/mol. The van der Waals surface area contributed by atoms with Crippen LogP contribution in [0.2, 0.25) is 0 Å². The second kappa shape index (κ2) is 11.2. The first-order valence-electron chi connectivity index (χ1n) is 13.1. The average Bonchev–Trinajstić information content (AvgIpc) is 3.17. The van der Waals surface area contributed by atoms with Crippen molar-refractivity contribution in [3.8, 4) is 17.0 Å². The van der Waals surface area contributed by atoms with Crippen molar-refractivity contribution in [2.45, 2.75) is 44.6 Å². The summed E-state index contributed by atoms with van der Waals surface area (Å²) in [5.41, 5.74) is 3.60. The highest BCUT2D eigenvalue weighted by Crippen LogP contribution is 2.29. The molecule has 2 saturated heterocycles. The minimum atomic E-state index is -0.0250. The van der Waals surface area contributed by atoms with Gasteiger partial charge < -0.3 is 24.8 Å². The summed E-state index contributed by atoms with van der Waals surface area (Å²) in [6, 6.07) is 12.1. The van der Waals surface area contributed by atoms with Gasteiger partial charge in [-0.15, -0.1) is 0 Å². The number of amides is 1. The number of hydrogen-bond donors (Lipinski definition) is 2. The molecule has 2 fully saturated rings. The molecule has 0 bridgehead atoms. The molecule has 5 rings (SSSR count). The number of piperidine rings is 1. The SMILES string of the molecule is COc1ccc(-c2cccc3[nH]c(C(=O)NC4CCN(CCN5CCCCCC5)CC4)cc23)cn1. The molecule has 7 nitrogen and oxygen atoms in total. The quantitative estimate of drug-likeness (QED) is 0.533. The Kier molecular flexibility index (Phi) is 7.64. The number of carbonyl (C=O) groups is 1. The molecule has 3 aromatic rings. The van der Waals surface area contributed by atoms with Gasteiger partial charge in [0.05, 0.1) is 7.11 Å². The summed E-state index contributed by atoms with van der Waals surface area (Å²) in [4.78, 5) is 25.9. The van der Waals surface area contributed by atoms with E-state index in [1.54, 1.807) is 13.3 Å². The molecule has 2 aliphatic rings. The zero-order valence-corrected chi connectivity index (χ0v) is 20.8. The smallest absolute Gasteiger partial charge is 0.267 e. The summed E-state index contributed by atoms with van der Waals surface area (Å²) in [5.74, 6) is 0.561. The van der Waals surface area contributed by atoms with Gasteiger partial charge >= 0.3 is 0 Å². The standard InChI is InChI=1S/C28H37N5O2/c1-35-27-10-9-21(20-29-27)23-7-6-8-25-24(23)19-26(31-25)28(34)30-22-11-15-33(16-12-22)18-17-32-13-4-2-3-5-14-32/h6-10,19-20,22,31H,2-5,11-18H2,1H3,(H,30,34). The lowest BCUT2D eigenvalue weighted by Gasteiger charge is -2.33. The zero-order valence-electron chi connectivity index (χ0n) is 20.8. The molecule has 1 amide bonds. The van der Waals surface area contributed by atoms with Gasteiger partial charge in [0.15, 0.2) is 0 Å².